The van der Waals surface area contributed by atoms with Crippen LogP contribution in [-0.4, -0.2) is 89.8 Å². The Hall–Kier alpha value is -9.25. The first-order valence-corrected chi connectivity index (χ1v) is 33.3. The number of hydrogen-bond donors (Lipinski definition) is 1. The van der Waals surface area contributed by atoms with Crippen LogP contribution >= 0.6 is 22.6 Å². The van der Waals surface area contributed by atoms with Crippen molar-refractivity contribution in [2.24, 2.45) is 0 Å². The van der Waals surface area contributed by atoms with Gasteiger partial charge < -0.3 is 47.9 Å². The number of pyridine rings is 3. The zero-order valence-electron chi connectivity index (χ0n) is 52.7. The number of ether oxygens (including phenoxy) is 3. The fourth-order valence-corrected chi connectivity index (χ4v) is 16.4. The maximum atomic E-state index is 14.2. The van der Waals surface area contributed by atoms with Crippen molar-refractivity contribution in [3.05, 3.63) is 259 Å². The summed E-state index contributed by atoms with van der Waals surface area (Å²) in [5, 5.41) is 2.42. The van der Waals surface area contributed by atoms with Gasteiger partial charge in [0.2, 0.25) is 16.3 Å². The van der Waals surface area contributed by atoms with Crippen LogP contribution in [0.15, 0.2) is 160 Å². The van der Waals surface area contributed by atoms with Gasteiger partial charge in [0.25, 0.3) is 23.6 Å². The number of rotatable bonds is 12. The molecular weight excluding hydrogens is 1330 g/mol. The second kappa shape index (κ2) is 24.8. The van der Waals surface area contributed by atoms with E-state index in [2.05, 4.69) is 61.3 Å². The summed E-state index contributed by atoms with van der Waals surface area (Å²) in [6, 6.07) is 31.1. The van der Waals surface area contributed by atoms with Gasteiger partial charge in [0.15, 0.2) is 34.3 Å². The molecule has 21 heteroatoms. The average Bonchev–Trinajstić information content (AvgIpc) is 1.61. The van der Waals surface area contributed by atoms with Gasteiger partial charge in [0.05, 0.1) is 20.2 Å². The van der Waals surface area contributed by atoms with Crippen LogP contribution in [0.1, 0.15) is 140 Å². The monoisotopic (exact) mass is 1400 g/mol. The molecule has 488 valence electrons. The lowest BCUT2D eigenvalue weighted by molar-refractivity contribution is 0.0516. The predicted octanol–water partition coefficient (Wildman–Crippen LogP) is 10.6. The average molecular weight is 1400 g/mol. The van der Waals surface area contributed by atoms with E-state index in [1.807, 2.05) is 134 Å². The number of carbonyl (C=O) groups excluding carboxylic acids is 4. The van der Waals surface area contributed by atoms with Crippen LogP contribution in [0.25, 0.3) is 0 Å². The summed E-state index contributed by atoms with van der Waals surface area (Å²) in [6.07, 6.45) is 19.4. The smallest absolute Gasteiger partial charge is 0.275 e. The molecule has 3 spiro atoms. The quantitative estimate of drug-likeness (QED) is 0.0912. The molecule has 4 amide bonds. The fourth-order valence-electron chi connectivity index (χ4n) is 15.6. The van der Waals surface area contributed by atoms with Gasteiger partial charge in [-0.15, -0.1) is 0 Å². The maximum absolute atomic E-state index is 14.2. The van der Waals surface area contributed by atoms with E-state index in [9.17, 15) is 46.7 Å². The van der Waals surface area contributed by atoms with Crippen molar-refractivity contribution in [3.8, 4) is 17.2 Å². The summed E-state index contributed by atoms with van der Waals surface area (Å²) in [4.78, 5) is 99.6. The number of aromatic nitrogens is 3. The molecule has 0 radical (unpaired) electrons. The van der Waals surface area contributed by atoms with E-state index >= 15 is 0 Å². The first-order chi connectivity index (χ1) is 45.8. The van der Waals surface area contributed by atoms with Crippen LogP contribution < -0.4 is 35.8 Å². The number of halogens is 4. The molecule has 0 saturated carbocycles. The number of hydrogen-bond acceptors (Lipinski definition) is 10. The highest BCUT2D eigenvalue weighted by Crippen LogP contribution is 2.49. The molecule has 3 aromatic heterocycles. The minimum absolute atomic E-state index is 0.0103. The van der Waals surface area contributed by atoms with Gasteiger partial charge >= 0.3 is 0 Å². The minimum Gasteiger partial charge on any atom is -0.483 e. The second-order valence-corrected chi connectivity index (χ2v) is 27.3. The Morgan fingerprint density at radius 1 is 0.526 bits per heavy atom. The van der Waals surface area contributed by atoms with Crippen molar-refractivity contribution in [2.75, 3.05) is 19.6 Å². The summed E-state index contributed by atoms with van der Waals surface area (Å²) in [6.45, 7) is 7.71. The molecule has 12 heterocycles. The first-order valence-electron chi connectivity index (χ1n) is 32.3. The van der Waals surface area contributed by atoms with Crippen LogP contribution in [0.2, 0.25) is 0 Å². The zero-order chi connectivity index (χ0) is 66.2. The summed E-state index contributed by atoms with van der Waals surface area (Å²) in [7, 11) is 0. The number of benzene rings is 4. The molecule has 0 saturated heterocycles. The molecule has 16 rings (SSSR count). The number of fused-ring (bicyclic) bond motifs is 3. The van der Waals surface area contributed by atoms with Crippen molar-refractivity contribution in [1.29, 1.82) is 0 Å². The third kappa shape index (κ3) is 10.9. The third-order valence-electron chi connectivity index (χ3n) is 20.4. The van der Waals surface area contributed by atoms with Gasteiger partial charge in [0, 0.05) is 85.1 Å². The lowest BCUT2D eigenvalue weighted by Gasteiger charge is -2.43. The van der Waals surface area contributed by atoms with Gasteiger partial charge in [-0.25, -0.2) is 13.2 Å². The fraction of sp³-hybridized carbons (Fsp3) is 0.338. The SMILES string of the molecule is C[C@H]1C=CC[C@]23CCc4c(C(=O)NCc5c(F)cc(F)cc5F)c(=O)c(OCc5ccccc5)c(n42)C(=O)N1C3.C[C@H]1C=CC[C@]23CCc4c(I)c(=O)c(OCc5ccccc5)c(n42)C(=O)N1C3.C[C@H]1C=CC[C@]23CCc4cc(=O)c(OCc5ccccc5)c(n42)C(=O)N1C3. The maximum Gasteiger partial charge on any atom is 0.275 e. The van der Waals surface area contributed by atoms with Gasteiger partial charge in [-0.2, -0.15) is 0 Å². The normalized spacial score (nSPS) is 23.3. The Balaban J connectivity index is 0.000000126. The van der Waals surface area contributed by atoms with E-state index in [0.717, 1.165) is 66.6 Å². The van der Waals surface area contributed by atoms with E-state index in [-0.39, 0.29) is 106 Å². The molecule has 9 aliphatic heterocycles. The minimum atomic E-state index is -1.15. The van der Waals surface area contributed by atoms with E-state index in [4.69, 9.17) is 14.2 Å². The van der Waals surface area contributed by atoms with Crippen LogP contribution in [-0.2, 0) is 62.2 Å². The molecule has 0 aliphatic carbocycles. The molecule has 17 nitrogen and oxygen atoms in total. The summed E-state index contributed by atoms with van der Waals surface area (Å²) in [5.74, 6) is -4.64. The summed E-state index contributed by atoms with van der Waals surface area (Å²) >= 11 is 2.13. The lowest BCUT2D eigenvalue weighted by atomic mass is 9.90. The van der Waals surface area contributed by atoms with Crippen molar-refractivity contribution in [3.63, 3.8) is 0 Å². The highest BCUT2D eigenvalue weighted by Gasteiger charge is 2.54. The van der Waals surface area contributed by atoms with E-state index in [1.54, 1.807) is 15.5 Å². The van der Waals surface area contributed by atoms with Gasteiger partial charge in [-0.1, -0.05) is 127 Å². The number of aryl methyl sites for hydroxylation is 1. The highest BCUT2D eigenvalue weighted by atomic mass is 127. The topological polar surface area (TPSA) is 184 Å². The second-order valence-electron chi connectivity index (χ2n) is 26.2. The number of amides is 4. The van der Waals surface area contributed by atoms with Crippen molar-refractivity contribution >= 4 is 46.2 Å². The molecule has 0 unspecified atom stereocenters. The number of allylic oxidation sites excluding steroid dienone is 3. The van der Waals surface area contributed by atoms with Crippen molar-refractivity contribution < 1.29 is 46.6 Å². The van der Waals surface area contributed by atoms with Crippen LogP contribution in [0, 0.1) is 21.0 Å². The molecule has 95 heavy (non-hydrogen) atoms. The van der Waals surface area contributed by atoms with Crippen molar-refractivity contribution in [1.82, 2.24) is 33.7 Å². The Morgan fingerprint density at radius 3 is 1.40 bits per heavy atom. The van der Waals surface area contributed by atoms with E-state index < -0.39 is 46.4 Å². The number of nitrogens with zero attached hydrogens (tertiary/aromatic N) is 6. The van der Waals surface area contributed by atoms with Gasteiger partial charge in [-0.05, 0) is 118 Å². The lowest BCUT2D eigenvalue weighted by Crippen LogP contribution is -2.55. The standard InChI is InChI=1S/C30H26F3N3O4.C22H21IN2O3.C22H22N2O3/c1-17-6-5-10-30-11-9-23-24(28(38)34-14-20-21(32)12-19(31)13-22(20)33)26(37)27(40-15-18-7-3-2-4-8-18)25(36(23)30)29(39)35(17)16-30;1-14-6-5-10-22-11-9-16-17(23)19(26)20(28-12-15-7-3-2-4-8-15)18(25(16)22)21(27)24(14)13-22;1-15-6-5-10-22-11-9-17-12-18(25)20(27-13-16-7-3-2-4-8-16)19(24(17)22)21(26)23(15)14-22/h2-8,12-13,17H,9-11,14-16H2,1H3,(H,34,38);2-8,14H,9-13H2,1H3;2-8,12,15H,9-11,13-14H2,1H3/t17-,30+;14-,22+;15-,22+/m000/s1. The van der Waals surface area contributed by atoms with E-state index in [0.29, 0.717) is 71.7 Å². The molecule has 4 aromatic carbocycles. The van der Waals surface area contributed by atoms with Gasteiger partial charge in [-0.3, -0.25) is 33.6 Å². The first kappa shape index (κ1) is 63.2. The van der Waals surface area contributed by atoms with Crippen molar-refractivity contribution in [2.45, 2.75) is 140 Å². The largest absolute Gasteiger partial charge is 0.483 e. The van der Waals surface area contributed by atoms with Crippen LogP contribution in [0.4, 0.5) is 13.2 Å². The Bertz CT molecular complexity index is 4590. The molecule has 9 aliphatic rings. The van der Waals surface area contributed by atoms with Crippen LogP contribution in [0.5, 0.6) is 17.2 Å². The molecule has 1 N–H and O–H groups in total. The van der Waals surface area contributed by atoms with E-state index in [1.165, 1.54) is 0 Å². The van der Waals surface area contributed by atoms with Crippen LogP contribution in [0.3, 0.4) is 0 Å². The zero-order valence-corrected chi connectivity index (χ0v) is 54.8. The Morgan fingerprint density at radius 2 is 0.926 bits per heavy atom. The summed E-state index contributed by atoms with van der Waals surface area (Å²) in [5.41, 5.74) is 3.26. The Labute approximate surface area is 559 Å². The number of nitrogens with one attached hydrogen (secondary N) is 1. The van der Waals surface area contributed by atoms with Gasteiger partial charge in [0.1, 0.15) is 42.8 Å². The third-order valence-corrected chi connectivity index (χ3v) is 21.5. The molecule has 6 bridgehead atoms. The molecule has 0 fully saturated rings. The summed E-state index contributed by atoms with van der Waals surface area (Å²) < 4.78 is 66.6. The molecule has 7 aromatic rings. The molecular formula is C74H69F3IN7O10. The highest BCUT2D eigenvalue weighted by molar-refractivity contribution is 14.1. The number of carbonyl (C=O) groups is 4. The molecule has 6 atom stereocenters. The predicted molar refractivity (Wildman–Crippen MR) is 356 cm³/mol. The Kier molecular flexibility index (Phi) is 16.5.